The van der Waals surface area contributed by atoms with Gasteiger partial charge in [0.1, 0.15) is 6.10 Å². The van der Waals surface area contributed by atoms with Crippen LogP contribution in [0.15, 0.2) is 12.2 Å². The van der Waals surface area contributed by atoms with Crippen LogP contribution >= 0.6 is 0 Å². The average Bonchev–Trinajstić information content (AvgIpc) is 3.07. The molecular formula is C42H83NO4. The molecule has 0 radical (unpaired) electrons. The van der Waals surface area contributed by atoms with E-state index in [0.29, 0.717) is 12.8 Å². The van der Waals surface area contributed by atoms with Gasteiger partial charge in [0.25, 0.3) is 0 Å². The minimum Gasteiger partial charge on any atom is -0.394 e. The molecule has 0 aromatic carbocycles. The van der Waals surface area contributed by atoms with E-state index >= 15 is 0 Å². The van der Waals surface area contributed by atoms with E-state index in [0.717, 1.165) is 38.5 Å². The molecule has 5 nitrogen and oxygen atoms in total. The first-order valence-corrected chi connectivity index (χ1v) is 21.0. The maximum Gasteiger partial charge on any atom is 0.220 e. The van der Waals surface area contributed by atoms with Gasteiger partial charge in [0.15, 0.2) is 0 Å². The lowest BCUT2D eigenvalue weighted by Gasteiger charge is -2.26. The van der Waals surface area contributed by atoms with Crippen molar-refractivity contribution in [1.29, 1.82) is 0 Å². The zero-order chi connectivity index (χ0) is 34.5. The summed E-state index contributed by atoms with van der Waals surface area (Å²) in [6.07, 6.45) is 43.1. The standard InChI is InChI=1S/C42H83NO4/c1-3-5-7-9-11-13-15-17-19-20-21-23-25-27-29-31-33-35-37-41(46)43-39(38-44)42(47)40(45)36-34-32-30-28-26-24-22-18-16-14-12-10-8-6-4-2/h28,30,39-40,42,44-45,47H,3-27,29,31-38H2,1-2H3,(H,43,46)/b30-28+. The van der Waals surface area contributed by atoms with Crippen molar-refractivity contribution >= 4 is 5.91 Å². The lowest BCUT2D eigenvalue weighted by Crippen LogP contribution is -2.50. The first kappa shape index (κ1) is 46.1. The molecule has 0 rings (SSSR count). The van der Waals surface area contributed by atoms with Crippen LogP contribution < -0.4 is 5.32 Å². The van der Waals surface area contributed by atoms with Gasteiger partial charge in [0.2, 0.25) is 5.91 Å². The van der Waals surface area contributed by atoms with Crippen molar-refractivity contribution < 1.29 is 20.1 Å². The molecule has 0 spiro atoms. The Morgan fingerprint density at radius 1 is 0.511 bits per heavy atom. The SMILES string of the molecule is CCCCCCCCCCCC/C=C/CCCC(O)C(O)C(CO)NC(=O)CCCCCCCCCCCCCCCCCCCC. The highest BCUT2D eigenvalue weighted by molar-refractivity contribution is 5.76. The Bertz CT molecular complexity index is 655. The zero-order valence-electron chi connectivity index (χ0n) is 31.7. The third-order valence-corrected chi connectivity index (χ3v) is 9.87. The lowest BCUT2D eigenvalue weighted by atomic mass is 10.0. The second-order valence-electron chi connectivity index (χ2n) is 14.5. The van der Waals surface area contributed by atoms with E-state index in [1.54, 1.807) is 0 Å². The summed E-state index contributed by atoms with van der Waals surface area (Å²) in [4.78, 5) is 12.4. The Labute approximate surface area is 293 Å². The van der Waals surface area contributed by atoms with E-state index < -0.39 is 18.2 Å². The van der Waals surface area contributed by atoms with Gasteiger partial charge < -0.3 is 20.6 Å². The minimum atomic E-state index is -1.15. The minimum absolute atomic E-state index is 0.151. The van der Waals surface area contributed by atoms with Gasteiger partial charge in [0, 0.05) is 6.42 Å². The van der Waals surface area contributed by atoms with Crippen molar-refractivity contribution in [2.45, 2.75) is 244 Å². The summed E-state index contributed by atoms with van der Waals surface area (Å²) >= 11 is 0. The maximum absolute atomic E-state index is 12.4. The van der Waals surface area contributed by atoms with Gasteiger partial charge in [-0.3, -0.25) is 4.79 Å². The molecule has 0 aliphatic heterocycles. The number of aliphatic hydroxyl groups excluding tert-OH is 3. The Hall–Kier alpha value is -0.910. The van der Waals surface area contributed by atoms with E-state index in [-0.39, 0.29) is 12.5 Å². The monoisotopic (exact) mass is 666 g/mol. The number of allylic oxidation sites excluding steroid dienone is 2. The number of unbranched alkanes of at least 4 members (excludes halogenated alkanes) is 28. The van der Waals surface area contributed by atoms with Gasteiger partial charge in [-0.05, 0) is 38.5 Å². The number of rotatable bonds is 38. The van der Waals surface area contributed by atoms with Crippen molar-refractivity contribution in [1.82, 2.24) is 5.32 Å². The molecule has 4 N–H and O–H groups in total. The van der Waals surface area contributed by atoms with Crippen LogP contribution in [0.25, 0.3) is 0 Å². The predicted molar refractivity (Wildman–Crippen MR) is 204 cm³/mol. The number of carbonyl (C=O) groups is 1. The number of aliphatic hydroxyl groups is 3. The van der Waals surface area contributed by atoms with E-state index in [4.69, 9.17) is 0 Å². The van der Waals surface area contributed by atoms with Gasteiger partial charge in [-0.2, -0.15) is 0 Å². The van der Waals surface area contributed by atoms with Crippen LogP contribution in [-0.4, -0.2) is 46.1 Å². The summed E-state index contributed by atoms with van der Waals surface area (Å²) < 4.78 is 0. The van der Waals surface area contributed by atoms with Crippen molar-refractivity contribution in [3.8, 4) is 0 Å². The quantitative estimate of drug-likeness (QED) is 0.0390. The summed E-state index contributed by atoms with van der Waals surface area (Å²) in [7, 11) is 0. The molecule has 0 aromatic rings. The Balaban J connectivity index is 3.65. The van der Waals surface area contributed by atoms with Crippen molar-refractivity contribution in [3.05, 3.63) is 12.2 Å². The van der Waals surface area contributed by atoms with Crippen molar-refractivity contribution in [3.63, 3.8) is 0 Å². The predicted octanol–water partition coefficient (Wildman–Crippen LogP) is 11.7. The fourth-order valence-electron chi connectivity index (χ4n) is 6.57. The number of amides is 1. The van der Waals surface area contributed by atoms with E-state index in [2.05, 4.69) is 31.3 Å². The molecular weight excluding hydrogens is 582 g/mol. The summed E-state index contributed by atoms with van der Waals surface area (Å²) in [5.74, 6) is -0.151. The van der Waals surface area contributed by atoms with Crippen LogP contribution in [0.1, 0.15) is 226 Å². The number of hydrogen-bond donors (Lipinski definition) is 4. The summed E-state index contributed by atoms with van der Waals surface area (Å²) in [5, 5.41) is 33.4. The molecule has 0 bridgehead atoms. The van der Waals surface area contributed by atoms with Crippen LogP contribution in [0.3, 0.4) is 0 Å². The zero-order valence-corrected chi connectivity index (χ0v) is 31.7. The molecule has 3 unspecified atom stereocenters. The molecule has 0 aromatic heterocycles. The highest BCUT2D eigenvalue weighted by Gasteiger charge is 2.26. The first-order chi connectivity index (χ1) is 23.1. The number of hydrogen-bond acceptors (Lipinski definition) is 4. The summed E-state index contributed by atoms with van der Waals surface area (Å²) in [6, 6.07) is -0.820. The smallest absolute Gasteiger partial charge is 0.220 e. The Morgan fingerprint density at radius 2 is 0.851 bits per heavy atom. The first-order valence-electron chi connectivity index (χ1n) is 21.0. The van der Waals surface area contributed by atoms with E-state index in [1.165, 1.54) is 161 Å². The molecule has 0 saturated carbocycles. The van der Waals surface area contributed by atoms with Crippen LogP contribution in [0.2, 0.25) is 0 Å². The highest BCUT2D eigenvalue weighted by Crippen LogP contribution is 2.16. The fourth-order valence-corrected chi connectivity index (χ4v) is 6.57. The molecule has 0 fully saturated rings. The molecule has 280 valence electrons. The molecule has 0 saturated heterocycles. The molecule has 3 atom stereocenters. The summed E-state index contributed by atoms with van der Waals surface area (Å²) in [6.45, 7) is 4.17. The topological polar surface area (TPSA) is 89.8 Å². The Morgan fingerprint density at radius 3 is 1.23 bits per heavy atom. The molecule has 1 amide bonds. The van der Waals surface area contributed by atoms with Gasteiger partial charge in [0.05, 0.1) is 18.8 Å². The van der Waals surface area contributed by atoms with Gasteiger partial charge in [-0.15, -0.1) is 0 Å². The second-order valence-corrected chi connectivity index (χ2v) is 14.5. The number of nitrogens with one attached hydrogen (secondary N) is 1. The third kappa shape index (κ3) is 33.4. The molecule has 5 heteroatoms. The lowest BCUT2D eigenvalue weighted by molar-refractivity contribution is -0.124. The molecule has 0 aliphatic rings. The van der Waals surface area contributed by atoms with Gasteiger partial charge >= 0.3 is 0 Å². The van der Waals surface area contributed by atoms with Crippen molar-refractivity contribution in [2.75, 3.05) is 6.61 Å². The van der Waals surface area contributed by atoms with E-state index in [9.17, 15) is 20.1 Å². The third-order valence-electron chi connectivity index (χ3n) is 9.87. The molecule has 0 aliphatic carbocycles. The maximum atomic E-state index is 12.4. The fraction of sp³-hybridized carbons (Fsp3) is 0.929. The van der Waals surface area contributed by atoms with E-state index in [1.807, 2.05) is 0 Å². The van der Waals surface area contributed by atoms with Crippen LogP contribution in [-0.2, 0) is 4.79 Å². The average molecular weight is 666 g/mol. The van der Waals surface area contributed by atoms with Gasteiger partial charge in [-0.25, -0.2) is 0 Å². The summed E-state index contributed by atoms with van der Waals surface area (Å²) in [5.41, 5.74) is 0. The van der Waals surface area contributed by atoms with Crippen LogP contribution in [0.5, 0.6) is 0 Å². The van der Waals surface area contributed by atoms with Crippen molar-refractivity contribution in [2.24, 2.45) is 0 Å². The van der Waals surface area contributed by atoms with Crippen LogP contribution in [0, 0.1) is 0 Å². The number of carbonyl (C=O) groups excluding carboxylic acids is 1. The second kappa shape index (κ2) is 37.9. The van der Waals surface area contributed by atoms with Gasteiger partial charge in [-0.1, -0.05) is 193 Å². The van der Waals surface area contributed by atoms with Crippen LogP contribution in [0.4, 0.5) is 0 Å². The molecule has 0 heterocycles. The highest BCUT2D eigenvalue weighted by atomic mass is 16.3. The molecule has 47 heavy (non-hydrogen) atoms. The largest absolute Gasteiger partial charge is 0.394 e. The Kier molecular flexibility index (Phi) is 37.2. The normalized spacial score (nSPS) is 13.7.